The van der Waals surface area contributed by atoms with E-state index < -0.39 is 33.6 Å². The van der Waals surface area contributed by atoms with Crippen molar-refractivity contribution in [2.24, 2.45) is 5.92 Å². The average Bonchev–Trinajstić information content (AvgIpc) is 2.53. The molecule has 1 unspecified atom stereocenters. The first-order valence-electron chi connectivity index (χ1n) is 8.48. The zero-order valence-corrected chi connectivity index (χ0v) is 14.6. The molecule has 0 saturated heterocycles. The lowest BCUT2D eigenvalue weighted by atomic mass is 9.90. The van der Waals surface area contributed by atoms with Gasteiger partial charge in [0.05, 0.1) is 11.7 Å². The Bertz CT molecular complexity index is 788. The predicted octanol–water partition coefficient (Wildman–Crippen LogP) is 2.28. The van der Waals surface area contributed by atoms with Gasteiger partial charge < -0.3 is 5.32 Å². The minimum Gasteiger partial charge on any atom is -0.326 e. The van der Waals surface area contributed by atoms with Gasteiger partial charge in [-0.15, -0.1) is 0 Å². The molecule has 0 aromatic heterocycles. The van der Waals surface area contributed by atoms with E-state index in [1.807, 2.05) is 0 Å². The van der Waals surface area contributed by atoms with Crippen molar-refractivity contribution in [3.05, 3.63) is 29.6 Å². The number of benzene rings is 1. The van der Waals surface area contributed by atoms with Gasteiger partial charge in [-0.2, -0.15) is 0 Å². The van der Waals surface area contributed by atoms with E-state index in [0.29, 0.717) is 5.56 Å². The topological polar surface area (TPSA) is 92.3 Å². The van der Waals surface area contributed by atoms with Crippen LogP contribution in [0.25, 0.3) is 0 Å². The Balaban J connectivity index is 1.73. The minimum absolute atomic E-state index is 0.0649. The van der Waals surface area contributed by atoms with Crippen LogP contribution in [0.1, 0.15) is 50.0 Å². The first kappa shape index (κ1) is 17.8. The number of rotatable bonds is 4. The van der Waals surface area contributed by atoms with E-state index >= 15 is 0 Å². The Hall–Kier alpha value is -1.96. The number of sulfonamides is 1. The van der Waals surface area contributed by atoms with E-state index in [0.717, 1.165) is 38.2 Å². The van der Waals surface area contributed by atoms with Crippen molar-refractivity contribution < 1.29 is 22.4 Å². The van der Waals surface area contributed by atoms with E-state index in [4.69, 9.17) is 0 Å². The molecule has 1 fully saturated rings. The highest BCUT2D eigenvalue weighted by Gasteiger charge is 2.33. The standard InChI is InChI=1S/C17H21FN2O4S/c18-12-6-7-13-14(9-16(21)19-15(13)8-12)17(22)20-25(23,24)10-11-4-2-1-3-5-11/h6-8,11,14H,1-5,9-10H2,(H,19,21)(H,20,22). The molecule has 2 N–H and O–H groups in total. The smallest absolute Gasteiger partial charge is 0.241 e. The third kappa shape index (κ3) is 4.36. The number of amides is 2. The number of hydrogen-bond donors (Lipinski definition) is 2. The summed E-state index contributed by atoms with van der Waals surface area (Å²) in [4.78, 5) is 24.3. The zero-order chi connectivity index (χ0) is 18.0. The second kappa shape index (κ2) is 7.11. The molecule has 3 rings (SSSR count). The molecule has 2 aliphatic rings. The Kier molecular flexibility index (Phi) is 5.08. The van der Waals surface area contributed by atoms with Crippen LogP contribution in [0.3, 0.4) is 0 Å². The van der Waals surface area contributed by atoms with Crippen molar-refractivity contribution in [3.8, 4) is 0 Å². The van der Waals surface area contributed by atoms with Crippen LogP contribution in [0.15, 0.2) is 18.2 Å². The maximum Gasteiger partial charge on any atom is 0.241 e. The van der Waals surface area contributed by atoms with Crippen molar-refractivity contribution in [3.63, 3.8) is 0 Å². The van der Waals surface area contributed by atoms with Gasteiger partial charge >= 0.3 is 0 Å². The molecular weight excluding hydrogens is 347 g/mol. The van der Waals surface area contributed by atoms with Crippen molar-refractivity contribution >= 4 is 27.5 Å². The lowest BCUT2D eigenvalue weighted by Crippen LogP contribution is -2.40. The number of halogens is 1. The normalized spacial score (nSPS) is 21.3. The fourth-order valence-corrected chi connectivity index (χ4v) is 5.09. The van der Waals surface area contributed by atoms with Crippen LogP contribution in [0.5, 0.6) is 0 Å². The Morgan fingerprint density at radius 1 is 1.24 bits per heavy atom. The van der Waals surface area contributed by atoms with Gasteiger partial charge in [0.1, 0.15) is 5.82 Å². The molecule has 1 aliphatic carbocycles. The van der Waals surface area contributed by atoms with Gasteiger partial charge in [0.15, 0.2) is 0 Å². The Morgan fingerprint density at radius 2 is 1.96 bits per heavy atom. The lowest BCUT2D eigenvalue weighted by molar-refractivity contribution is -0.125. The van der Waals surface area contributed by atoms with Crippen molar-refractivity contribution in [1.29, 1.82) is 0 Å². The Labute approximate surface area is 146 Å². The van der Waals surface area contributed by atoms with Crippen LogP contribution >= 0.6 is 0 Å². The SMILES string of the molecule is O=C1CC(C(=O)NS(=O)(=O)CC2CCCCC2)c2ccc(F)cc2N1. The molecule has 136 valence electrons. The largest absolute Gasteiger partial charge is 0.326 e. The van der Waals surface area contributed by atoms with Gasteiger partial charge in [0, 0.05) is 12.1 Å². The van der Waals surface area contributed by atoms with E-state index in [9.17, 15) is 22.4 Å². The predicted molar refractivity (Wildman–Crippen MR) is 90.9 cm³/mol. The number of hydrogen-bond acceptors (Lipinski definition) is 4. The second-order valence-electron chi connectivity index (χ2n) is 6.79. The first-order valence-corrected chi connectivity index (χ1v) is 10.1. The number of anilines is 1. The summed E-state index contributed by atoms with van der Waals surface area (Å²) in [5, 5.41) is 2.51. The van der Waals surface area contributed by atoms with Crippen molar-refractivity contribution in [1.82, 2.24) is 4.72 Å². The summed E-state index contributed by atoms with van der Waals surface area (Å²) < 4.78 is 40.1. The molecule has 1 heterocycles. The molecule has 1 aromatic rings. The van der Waals surface area contributed by atoms with E-state index in [1.54, 1.807) is 0 Å². The molecule has 1 aromatic carbocycles. The minimum atomic E-state index is -3.76. The van der Waals surface area contributed by atoms with Crippen LogP contribution in [0.2, 0.25) is 0 Å². The van der Waals surface area contributed by atoms with Crippen LogP contribution in [-0.2, 0) is 19.6 Å². The lowest BCUT2D eigenvalue weighted by Gasteiger charge is -2.25. The monoisotopic (exact) mass is 368 g/mol. The fraction of sp³-hybridized carbons (Fsp3) is 0.529. The molecule has 8 heteroatoms. The van der Waals surface area contributed by atoms with E-state index in [-0.39, 0.29) is 23.8 Å². The number of nitrogens with one attached hydrogen (secondary N) is 2. The molecule has 0 spiro atoms. The van der Waals surface area contributed by atoms with Crippen molar-refractivity contribution in [2.75, 3.05) is 11.1 Å². The summed E-state index contributed by atoms with van der Waals surface area (Å²) in [6.07, 6.45) is 4.68. The molecule has 1 aliphatic heterocycles. The third-order valence-electron chi connectivity index (χ3n) is 4.81. The van der Waals surface area contributed by atoms with Gasteiger partial charge in [-0.25, -0.2) is 12.8 Å². The van der Waals surface area contributed by atoms with Crippen LogP contribution in [-0.4, -0.2) is 26.0 Å². The summed E-state index contributed by atoms with van der Waals surface area (Å²) in [5.41, 5.74) is 0.632. The zero-order valence-electron chi connectivity index (χ0n) is 13.8. The second-order valence-corrected chi connectivity index (χ2v) is 8.56. The number of fused-ring (bicyclic) bond motifs is 1. The fourth-order valence-electron chi connectivity index (χ4n) is 3.60. The molecule has 0 bridgehead atoms. The molecule has 6 nitrogen and oxygen atoms in total. The molecule has 0 radical (unpaired) electrons. The van der Waals surface area contributed by atoms with E-state index in [2.05, 4.69) is 10.0 Å². The average molecular weight is 368 g/mol. The highest BCUT2D eigenvalue weighted by molar-refractivity contribution is 7.90. The summed E-state index contributed by atoms with van der Waals surface area (Å²) in [5.74, 6) is -2.67. The van der Waals surface area contributed by atoms with Gasteiger partial charge in [0.2, 0.25) is 21.8 Å². The summed E-state index contributed by atoms with van der Waals surface area (Å²) in [6, 6.07) is 3.72. The summed E-state index contributed by atoms with van der Waals surface area (Å²) >= 11 is 0. The molecule has 1 atom stereocenters. The summed E-state index contributed by atoms with van der Waals surface area (Å²) in [6.45, 7) is 0. The molecular formula is C17H21FN2O4S. The summed E-state index contributed by atoms with van der Waals surface area (Å²) in [7, 11) is -3.76. The third-order valence-corrected chi connectivity index (χ3v) is 6.23. The van der Waals surface area contributed by atoms with Crippen LogP contribution in [0, 0.1) is 11.7 Å². The first-order chi connectivity index (χ1) is 11.8. The number of carbonyl (C=O) groups excluding carboxylic acids is 2. The highest BCUT2D eigenvalue weighted by atomic mass is 32.2. The molecule has 1 saturated carbocycles. The van der Waals surface area contributed by atoms with Gasteiger partial charge in [-0.1, -0.05) is 25.3 Å². The quantitative estimate of drug-likeness (QED) is 0.853. The molecule has 2 amide bonds. The van der Waals surface area contributed by atoms with Gasteiger partial charge in [0.25, 0.3) is 0 Å². The van der Waals surface area contributed by atoms with Gasteiger partial charge in [-0.3, -0.25) is 14.3 Å². The van der Waals surface area contributed by atoms with Crippen LogP contribution in [0.4, 0.5) is 10.1 Å². The maximum atomic E-state index is 13.3. The maximum absolute atomic E-state index is 13.3. The Morgan fingerprint density at radius 3 is 2.68 bits per heavy atom. The van der Waals surface area contributed by atoms with Crippen LogP contribution < -0.4 is 10.0 Å². The van der Waals surface area contributed by atoms with Crippen molar-refractivity contribution in [2.45, 2.75) is 44.4 Å². The van der Waals surface area contributed by atoms with Gasteiger partial charge in [-0.05, 0) is 36.5 Å². The number of carbonyl (C=O) groups is 2. The van der Waals surface area contributed by atoms with E-state index in [1.165, 1.54) is 12.1 Å². The highest BCUT2D eigenvalue weighted by Crippen LogP contribution is 2.33. The molecule has 25 heavy (non-hydrogen) atoms.